The smallest absolute Gasteiger partial charge is 0.303 e. The zero-order valence-corrected chi connectivity index (χ0v) is 11.2. The first-order chi connectivity index (χ1) is 8.38. The fourth-order valence-electron chi connectivity index (χ4n) is 1.52. The number of hydrogen-bond donors (Lipinski definition) is 3. The van der Waals surface area contributed by atoms with Crippen LogP contribution in [-0.2, 0) is 4.79 Å². The van der Waals surface area contributed by atoms with Crippen LogP contribution < -0.4 is 10.5 Å². The highest BCUT2D eigenvalue weighted by molar-refractivity contribution is 9.10. The first kappa shape index (κ1) is 14.7. The molecule has 1 atom stereocenters. The number of hydrogen-bond acceptors (Lipinski definition) is 4. The molecule has 0 fully saturated rings. The van der Waals surface area contributed by atoms with Crippen molar-refractivity contribution in [3.63, 3.8) is 0 Å². The molecule has 0 heterocycles. The summed E-state index contributed by atoms with van der Waals surface area (Å²) in [5, 5.41) is 18.4. The highest BCUT2D eigenvalue weighted by Crippen LogP contribution is 2.40. The van der Waals surface area contributed by atoms with E-state index in [1.165, 1.54) is 13.2 Å². The predicted octanol–water partition coefficient (Wildman–Crippen LogP) is 2.17. The van der Waals surface area contributed by atoms with Gasteiger partial charge in [0.25, 0.3) is 0 Å². The van der Waals surface area contributed by atoms with Crippen molar-refractivity contribution in [3.8, 4) is 11.5 Å². The van der Waals surface area contributed by atoms with Gasteiger partial charge >= 0.3 is 5.97 Å². The number of nitrogens with two attached hydrogens (primary N) is 1. The minimum Gasteiger partial charge on any atom is -0.504 e. The number of phenols is 1. The first-order valence-electron chi connectivity index (χ1n) is 5.10. The molecule has 0 radical (unpaired) electrons. The molecule has 4 N–H and O–H groups in total. The largest absolute Gasteiger partial charge is 0.504 e. The molecule has 1 aromatic rings. The number of aromatic hydroxyl groups is 1. The molecule has 0 bridgehead atoms. The molecule has 100 valence electrons. The summed E-state index contributed by atoms with van der Waals surface area (Å²) < 4.78 is 18.4. The standard InChI is InChI=1S/C11H13BrFNO4/c1-18-11-9(13)6(12)4-5(10(11)17)7(14)2-3-8(15)16/h4,7,17H,2-3,14H2,1H3,(H,15,16). The average molecular weight is 322 g/mol. The Bertz CT molecular complexity index is 467. The third-order valence-corrected chi connectivity index (χ3v) is 3.03. The van der Waals surface area contributed by atoms with Crippen LogP contribution in [0.4, 0.5) is 4.39 Å². The fourth-order valence-corrected chi connectivity index (χ4v) is 1.94. The van der Waals surface area contributed by atoms with Gasteiger partial charge in [-0.3, -0.25) is 4.79 Å². The number of methoxy groups -OCH3 is 1. The number of carboxylic acids is 1. The van der Waals surface area contributed by atoms with E-state index >= 15 is 0 Å². The maximum atomic E-state index is 13.6. The normalized spacial score (nSPS) is 12.2. The zero-order chi connectivity index (χ0) is 13.9. The quantitative estimate of drug-likeness (QED) is 0.772. The van der Waals surface area contributed by atoms with Crippen LogP contribution in [0.2, 0.25) is 0 Å². The van der Waals surface area contributed by atoms with Crippen molar-refractivity contribution in [1.29, 1.82) is 0 Å². The fraction of sp³-hybridized carbons (Fsp3) is 0.364. The third kappa shape index (κ3) is 3.11. The first-order valence-corrected chi connectivity index (χ1v) is 5.90. The van der Waals surface area contributed by atoms with Gasteiger partial charge in [0, 0.05) is 18.0 Å². The maximum Gasteiger partial charge on any atom is 0.303 e. The summed E-state index contributed by atoms with van der Waals surface area (Å²) in [7, 11) is 1.22. The van der Waals surface area contributed by atoms with Crippen molar-refractivity contribution >= 4 is 21.9 Å². The Kier molecular flexibility index (Phi) is 4.92. The molecule has 18 heavy (non-hydrogen) atoms. The average Bonchev–Trinajstić information content (AvgIpc) is 2.31. The number of aliphatic carboxylic acids is 1. The minimum atomic E-state index is -0.988. The van der Waals surface area contributed by atoms with Crippen molar-refractivity contribution in [2.24, 2.45) is 5.73 Å². The minimum absolute atomic E-state index is 0.0953. The van der Waals surface area contributed by atoms with E-state index in [1.807, 2.05) is 0 Å². The summed E-state index contributed by atoms with van der Waals surface area (Å²) in [6.07, 6.45) is -0.0119. The van der Waals surface area contributed by atoms with Crippen LogP contribution in [0.1, 0.15) is 24.4 Å². The number of phenolic OH excluding ortho intramolecular Hbond substituents is 1. The van der Waals surface area contributed by atoms with Gasteiger partial charge in [-0.25, -0.2) is 4.39 Å². The Morgan fingerprint density at radius 1 is 1.67 bits per heavy atom. The number of carbonyl (C=O) groups is 1. The van der Waals surface area contributed by atoms with Gasteiger partial charge in [0.05, 0.1) is 11.6 Å². The maximum absolute atomic E-state index is 13.6. The number of carboxylic acid groups (broad SMARTS) is 1. The second-order valence-electron chi connectivity index (χ2n) is 3.68. The summed E-state index contributed by atoms with van der Waals surface area (Å²) in [6.45, 7) is 0. The highest BCUT2D eigenvalue weighted by Gasteiger charge is 2.21. The van der Waals surface area contributed by atoms with Crippen molar-refractivity contribution in [3.05, 3.63) is 21.9 Å². The molecule has 0 aliphatic heterocycles. The van der Waals surface area contributed by atoms with Crippen LogP contribution in [0.25, 0.3) is 0 Å². The monoisotopic (exact) mass is 321 g/mol. The SMILES string of the molecule is COc1c(O)c(C(N)CCC(=O)O)cc(Br)c1F. The Morgan fingerprint density at radius 3 is 2.78 bits per heavy atom. The number of benzene rings is 1. The summed E-state index contributed by atoms with van der Waals surface area (Å²) >= 11 is 2.98. The molecule has 0 amide bonds. The number of ether oxygens (including phenoxy) is 1. The highest BCUT2D eigenvalue weighted by atomic mass is 79.9. The van der Waals surface area contributed by atoms with E-state index in [0.29, 0.717) is 0 Å². The second kappa shape index (κ2) is 6.01. The van der Waals surface area contributed by atoms with Crippen molar-refractivity contribution in [2.45, 2.75) is 18.9 Å². The Balaban J connectivity index is 3.09. The second-order valence-corrected chi connectivity index (χ2v) is 4.54. The predicted molar refractivity (Wildman–Crippen MR) is 66.1 cm³/mol. The molecule has 5 nitrogen and oxygen atoms in total. The molecule has 1 unspecified atom stereocenters. The molecule has 0 aliphatic carbocycles. The van der Waals surface area contributed by atoms with Gasteiger partial charge in [-0.2, -0.15) is 0 Å². The van der Waals surface area contributed by atoms with Crippen molar-refractivity contribution < 1.29 is 24.1 Å². The summed E-state index contributed by atoms with van der Waals surface area (Å²) in [5.41, 5.74) is 6.00. The zero-order valence-electron chi connectivity index (χ0n) is 9.61. The Morgan fingerprint density at radius 2 is 2.28 bits per heavy atom. The molecule has 0 spiro atoms. The van der Waals surface area contributed by atoms with E-state index < -0.39 is 23.6 Å². The van der Waals surface area contributed by atoms with E-state index in [1.54, 1.807) is 0 Å². The lowest BCUT2D eigenvalue weighted by atomic mass is 10.0. The molecule has 1 aromatic carbocycles. The van der Waals surface area contributed by atoms with Gasteiger partial charge in [-0.15, -0.1) is 0 Å². The molecule has 0 saturated carbocycles. The van der Waals surface area contributed by atoms with Crippen LogP contribution in [-0.4, -0.2) is 23.3 Å². The van der Waals surface area contributed by atoms with Gasteiger partial charge in [0.15, 0.2) is 17.3 Å². The van der Waals surface area contributed by atoms with Crippen LogP contribution in [0.3, 0.4) is 0 Å². The third-order valence-electron chi connectivity index (χ3n) is 2.45. The van der Waals surface area contributed by atoms with Crippen LogP contribution in [0.5, 0.6) is 11.5 Å². The van der Waals surface area contributed by atoms with Crippen LogP contribution in [0.15, 0.2) is 10.5 Å². The molecule has 1 rings (SSSR count). The summed E-state index contributed by atoms with van der Waals surface area (Å²) in [5.74, 6) is -2.44. The molecular weight excluding hydrogens is 309 g/mol. The molecule has 0 aliphatic rings. The molecule has 0 aromatic heterocycles. The lowest BCUT2D eigenvalue weighted by Crippen LogP contribution is -2.13. The van der Waals surface area contributed by atoms with E-state index in [4.69, 9.17) is 15.6 Å². The van der Waals surface area contributed by atoms with Gasteiger partial charge in [0.2, 0.25) is 0 Å². The summed E-state index contributed by atoms with van der Waals surface area (Å²) in [6, 6.07) is 0.603. The Hall–Kier alpha value is -1.34. The van der Waals surface area contributed by atoms with E-state index in [-0.39, 0.29) is 28.6 Å². The van der Waals surface area contributed by atoms with E-state index in [2.05, 4.69) is 15.9 Å². The van der Waals surface area contributed by atoms with Crippen LogP contribution in [0, 0.1) is 5.82 Å². The van der Waals surface area contributed by atoms with Gasteiger partial charge in [-0.1, -0.05) is 0 Å². The molecular formula is C11H13BrFNO4. The molecule has 0 saturated heterocycles. The summed E-state index contributed by atoms with van der Waals surface area (Å²) in [4.78, 5) is 10.5. The van der Waals surface area contributed by atoms with Crippen LogP contribution >= 0.6 is 15.9 Å². The van der Waals surface area contributed by atoms with Gasteiger partial charge < -0.3 is 20.7 Å². The van der Waals surface area contributed by atoms with E-state index in [9.17, 15) is 14.3 Å². The van der Waals surface area contributed by atoms with Gasteiger partial charge in [-0.05, 0) is 28.4 Å². The topological polar surface area (TPSA) is 92.8 Å². The number of halogens is 2. The van der Waals surface area contributed by atoms with Crippen molar-refractivity contribution in [2.75, 3.05) is 7.11 Å². The molecule has 7 heteroatoms. The van der Waals surface area contributed by atoms with Crippen molar-refractivity contribution in [1.82, 2.24) is 0 Å². The van der Waals surface area contributed by atoms with E-state index in [0.717, 1.165) is 0 Å². The lowest BCUT2D eigenvalue weighted by molar-refractivity contribution is -0.137. The Labute approximate surface area is 111 Å². The lowest BCUT2D eigenvalue weighted by Gasteiger charge is -2.16. The number of rotatable bonds is 5. The van der Waals surface area contributed by atoms with Gasteiger partial charge in [0.1, 0.15) is 0 Å².